The molecule has 0 unspecified atom stereocenters. The number of aliphatic hydroxyl groups is 1. The number of benzene rings is 3. The largest absolute Gasteiger partial charge is 0.489 e. The number of amides is 1. The zero-order valence-corrected chi connectivity index (χ0v) is 17.1. The number of primary amides is 1. The minimum Gasteiger partial charge on any atom is -0.489 e. The summed E-state index contributed by atoms with van der Waals surface area (Å²) in [5.74, 6) is 0.277. The van der Waals surface area contributed by atoms with E-state index in [1.54, 1.807) is 12.3 Å². The van der Waals surface area contributed by atoms with Crippen LogP contribution in [0.15, 0.2) is 79.0 Å². The highest BCUT2D eigenvalue weighted by Crippen LogP contribution is 2.27. The van der Waals surface area contributed by atoms with Gasteiger partial charge in [-0.2, -0.15) is 0 Å². The molecule has 1 amide bonds. The summed E-state index contributed by atoms with van der Waals surface area (Å²) < 4.78 is 5.89. The van der Waals surface area contributed by atoms with Gasteiger partial charge in [0.1, 0.15) is 18.1 Å². The Labute approximate surface area is 179 Å². The number of carbonyl (C=O) groups is 1. The zero-order chi connectivity index (χ0) is 21.5. The summed E-state index contributed by atoms with van der Waals surface area (Å²) in [6.07, 6.45) is 1.66. The van der Waals surface area contributed by atoms with Gasteiger partial charge in [0.2, 0.25) is 0 Å². The summed E-state index contributed by atoms with van der Waals surface area (Å²) in [7, 11) is 1.00. The molecule has 30 heavy (non-hydrogen) atoms. The van der Waals surface area contributed by atoms with Crippen molar-refractivity contribution in [3.05, 3.63) is 95.3 Å². The third kappa shape index (κ3) is 5.14. The van der Waals surface area contributed by atoms with E-state index in [0.29, 0.717) is 11.6 Å². The minimum absolute atomic E-state index is 0.256. The Morgan fingerprint density at radius 2 is 1.60 bits per heavy atom. The maximum Gasteiger partial charge on any atom is 0.267 e. The SMILES string of the molecule is CO.NC(=O)c1ccc(-c2ccc3cc(OCc4ccc(Cl)cc4)ccc3c2)cn1. The van der Waals surface area contributed by atoms with E-state index in [0.717, 1.165) is 40.3 Å². The molecular weight excluding hydrogens is 400 g/mol. The van der Waals surface area contributed by atoms with Crippen molar-refractivity contribution in [3.63, 3.8) is 0 Å². The summed E-state index contributed by atoms with van der Waals surface area (Å²) in [6.45, 7) is 0.485. The van der Waals surface area contributed by atoms with Gasteiger partial charge < -0.3 is 15.6 Å². The number of pyridine rings is 1. The van der Waals surface area contributed by atoms with Crippen molar-refractivity contribution in [1.29, 1.82) is 0 Å². The lowest BCUT2D eigenvalue weighted by atomic mass is 10.0. The predicted octanol–water partition coefficient (Wildman–Crippen LogP) is 4.84. The molecule has 0 aliphatic rings. The van der Waals surface area contributed by atoms with Gasteiger partial charge >= 0.3 is 0 Å². The molecule has 3 N–H and O–H groups in total. The Morgan fingerprint density at radius 3 is 2.27 bits per heavy atom. The number of ether oxygens (including phenoxy) is 1. The van der Waals surface area contributed by atoms with Gasteiger partial charge in [0.05, 0.1) is 0 Å². The summed E-state index contributed by atoms with van der Waals surface area (Å²) in [5.41, 5.74) is 8.50. The first-order valence-corrected chi connectivity index (χ1v) is 9.58. The Hall–Kier alpha value is -3.41. The van der Waals surface area contributed by atoms with Crippen LogP contribution in [0.3, 0.4) is 0 Å². The highest BCUT2D eigenvalue weighted by atomic mass is 35.5. The van der Waals surface area contributed by atoms with Crippen molar-refractivity contribution in [2.75, 3.05) is 7.11 Å². The van der Waals surface area contributed by atoms with Gasteiger partial charge in [-0.1, -0.05) is 48.0 Å². The van der Waals surface area contributed by atoms with Crippen LogP contribution in [0.25, 0.3) is 21.9 Å². The average molecular weight is 421 g/mol. The number of nitrogens with two attached hydrogens (primary N) is 1. The van der Waals surface area contributed by atoms with Crippen LogP contribution in [0.4, 0.5) is 0 Å². The molecule has 6 heteroatoms. The van der Waals surface area contributed by atoms with Crippen LogP contribution in [0.1, 0.15) is 16.1 Å². The minimum atomic E-state index is -0.531. The number of hydrogen-bond acceptors (Lipinski definition) is 4. The van der Waals surface area contributed by atoms with Crippen LogP contribution in [0.5, 0.6) is 5.75 Å². The van der Waals surface area contributed by atoms with Crippen LogP contribution in [0, 0.1) is 0 Å². The van der Waals surface area contributed by atoms with Gasteiger partial charge in [-0.15, -0.1) is 0 Å². The van der Waals surface area contributed by atoms with Crippen molar-refractivity contribution in [2.45, 2.75) is 6.61 Å². The number of aromatic nitrogens is 1. The summed E-state index contributed by atoms with van der Waals surface area (Å²) in [4.78, 5) is 15.3. The molecule has 5 nitrogen and oxygen atoms in total. The molecule has 152 valence electrons. The molecule has 0 spiro atoms. The predicted molar refractivity (Wildman–Crippen MR) is 120 cm³/mol. The maximum absolute atomic E-state index is 11.2. The Morgan fingerprint density at radius 1 is 0.933 bits per heavy atom. The van der Waals surface area contributed by atoms with Crippen molar-refractivity contribution >= 4 is 28.3 Å². The number of halogens is 1. The molecule has 4 rings (SSSR count). The van der Waals surface area contributed by atoms with Gasteiger partial charge in [0.15, 0.2) is 0 Å². The fourth-order valence-electron chi connectivity index (χ4n) is 2.95. The second kappa shape index (κ2) is 9.87. The van der Waals surface area contributed by atoms with Crippen molar-refractivity contribution < 1.29 is 14.6 Å². The van der Waals surface area contributed by atoms with Crippen LogP contribution in [-0.2, 0) is 6.61 Å². The first-order chi connectivity index (χ1) is 14.6. The summed E-state index contributed by atoms with van der Waals surface area (Å²) in [6, 6.07) is 23.2. The number of hydrogen-bond donors (Lipinski definition) is 2. The number of carbonyl (C=O) groups excluding carboxylic acids is 1. The van der Waals surface area contributed by atoms with Gasteiger partial charge in [-0.3, -0.25) is 9.78 Å². The Kier molecular flexibility index (Phi) is 7.01. The van der Waals surface area contributed by atoms with E-state index in [1.807, 2.05) is 60.7 Å². The second-order valence-corrected chi connectivity index (χ2v) is 6.87. The van der Waals surface area contributed by atoms with Gasteiger partial charge in [-0.25, -0.2) is 0 Å². The van der Waals surface area contributed by atoms with E-state index in [-0.39, 0.29) is 5.69 Å². The van der Waals surface area contributed by atoms with E-state index < -0.39 is 5.91 Å². The first kappa shape index (κ1) is 21.3. The molecule has 0 radical (unpaired) electrons. The Bertz CT molecular complexity index is 1140. The molecule has 0 saturated heterocycles. The third-order valence-corrected chi connectivity index (χ3v) is 4.73. The smallest absolute Gasteiger partial charge is 0.267 e. The van der Waals surface area contributed by atoms with Crippen LogP contribution in [-0.4, -0.2) is 23.1 Å². The first-order valence-electron chi connectivity index (χ1n) is 9.20. The van der Waals surface area contributed by atoms with Gasteiger partial charge in [-0.05, 0) is 58.3 Å². The highest BCUT2D eigenvalue weighted by Gasteiger charge is 2.05. The van der Waals surface area contributed by atoms with Crippen molar-refractivity contribution in [3.8, 4) is 16.9 Å². The molecule has 0 aliphatic heterocycles. The fourth-order valence-corrected chi connectivity index (χ4v) is 3.08. The van der Waals surface area contributed by atoms with E-state index in [9.17, 15) is 4.79 Å². The quantitative estimate of drug-likeness (QED) is 0.483. The van der Waals surface area contributed by atoms with Gasteiger partial charge in [0.25, 0.3) is 5.91 Å². The molecule has 0 aliphatic carbocycles. The van der Waals surface area contributed by atoms with Crippen LogP contribution >= 0.6 is 11.6 Å². The summed E-state index contributed by atoms with van der Waals surface area (Å²) in [5, 5.41) is 9.89. The third-order valence-electron chi connectivity index (χ3n) is 4.48. The number of aliphatic hydroxyl groups excluding tert-OH is 1. The standard InChI is InChI=1S/C23H17ClN2O2.CH4O/c24-20-7-1-15(2-8-20)14-28-21-9-5-16-11-17(3-4-18(16)12-21)19-6-10-22(23(25)27)26-13-19;1-2/h1-13H,14H2,(H2,25,27);2H,1H3. The average Bonchev–Trinajstić information content (AvgIpc) is 2.79. The number of rotatable bonds is 5. The van der Waals surface area contributed by atoms with Crippen LogP contribution < -0.4 is 10.5 Å². The molecule has 0 fully saturated rings. The lowest BCUT2D eigenvalue weighted by Gasteiger charge is -2.09. The Balaban J connectivity index is 0.00000124. The van der Waals surface area contributed by atoms with E-state index >= 15 is 0 Å². The number of fused-ring (bicyclic) bond motifs is 1. The summed E-state index contributed by atoms with van der Waals surface area (Å²) >= 11 is 5.91. The molecule has 3 aromatic carbocycles. The molecule has 4 aromatic rings. The molecular formula is C24H21ClN2O3. The normalized spacial score (nSPS) is 10.2. The lowest BCUT2D eigenvalue weighted by molar-refractivity contribution is 0.0995. The van der Waals surface area contributed by atoms with E-state index in [4.69, 9.17) is 27.2 Å². The zero-order valence-electron chi connectivity index (χ0n) is 16.4. The van der Waals surface area contributed by atoms with E-state index in [1.165, 1.54) is 0 Å². The van der Waals surface area contributed by atoms with Crippen molar-refractivity contribution in [1.82, 2.24) is 4.98 Å². The molecule has 1 aromatic heterocycles. The second-order valence-electron chi connectivity index (χ2n) is 6.44. The maximum atomic E-state index is 11.2. The van der Waals surface area contributed by atoms with Crippen LogP contribution in [0.2, 0.25) is 5.02 Å². The topological polar surface area (TPSA) is 85.4 Å². The molecule has 0 saturated carbocycles. The fraction of sp³-hybridized carbons (Fsp3) is 0.0833. The van der Waals surface area contributed by atoms with Crippen molar-refractivity contribution in [2.24, 2.45) is 5.73 Å². The molecule has 0 bridgehead atoms. The lowest BCUT2D eigenvalue weighted by Crippen LogP contribution is -2.12. The number of nitrogens with zero attached hydrogens (tertiary/aromatic N) is 1. The monoisotopic (exact) mass is 420 g/mol. The highest BCUT2D eigenvalue weighted by molar-refractivity contribution is 6.30. The van der Waals surface area contributed by atoms with Gasteiger partial charge in [0, 0.05) is 23.9 Å². The molecule has 0 atom stereocenters. The van der Waals surface area contributed by atoms with E-state index in [2.05, 4.69) is 11.1 Å². The molecule has 1 heterocycles.